The first-order valence-electron chi connectivity index (χ1n) is 7.47. The maximum absolute atomic E-state index is 12.5. The van der Waals surface area contributed by atoms with Crippen LogP contribution in [0.15, 0.2) is 30.3 Å². The Morgan fingerprint density at radius 3 is 2.91 bits per heavy atom. The van der Waals surface area contributed by atoms with Crippen LogP contribution in [0, 0.1) is 0 Å². The predicted octanol–water partition coefficient (Wildman–Crippen LogP) is 0.884. The van der Waals surface area contributed by atoms with E-state index in [1.807, 2.05) is 30.3 Å². The third kappa shape index (κ3) is 2.71. The van der Waals surface area contributed by atoms with Crippen LogP contribution in [-0.4, -0.2) is 55.3 Å². The smallest absolute Gasteiger partial charge is 0.249 e. The molecule has 1 aromatic carbocycles. The predicted molar refractivity (Wildman–Crippen MR) is 79.8 cm³/mol. The summed E-state index contributed by atoms with van der Waals surface area (Å²) < 4.78 is 0. The van der Waals surface area contributed by atoms with Crippen molar-refractivity contribution < 1.29 is 9.90 Å². The van der Waals surface area contributed by atoms with Gasteiger partial charge in [-0.15, -0.1) is 10.2 Å². The van der Waals surface area contributed by atoms with E-state index in [4.69, 9.17) is 0 Å². The van der Waals surface area contributed by atoms with Gasteiger partial charge in [0.1, 0.15) is 6.04 Å². The highest BCUT2D eigenvalue weighted by molar-refractivity contribution is 5.80. The lowest BCUT2D eigenvalue weighted by Crippen LogP contribution is -2.41. The van der Waals surface area contributed by atoms with Crippen LogP contribution >= 0.6 is 0 Å². The van der Waals surface area contributed by atoms with Crippen molar-refractivity contribution in [1.82, 2.24) is 25.1 Å². The Kier molecular flexibility index (Phi) is 4.15. The number of carbonyl (C=O) groups excluding carboxylic acids is 1. The molecule has 0 radical (unpaired) electrons. The minimum absolute atomic E-state index is 0.00148. The molecular formula is C15H19N5O2. The van der Waals surface area contributed by atoms with Gasteiger partial charge in [0, 0.05) is 12.1 Å². The van der Waals surface area contributed by atoms with E-state index < -0.39 is 6.04 Å². The van der Waals surface area contributed by atoms with Crippen molar-refractivity contribution in [2.75, 3.05) is 13.2 Å². The molecule has 22 heavy (non-hydrogen) atoms. The molecule has 1 aromatic heterocycles. The molecule has 2 aromatic rings. The summed E-state index contributed by atoms with van der Waals surface area (Å²) in [6.07, 6.45) is 1.76. The molecule has 1 fully saturated rings. The van der Waals surface area contributed by atoms with Crippen LogP contribution in [0.4, 0.5) is 0 Å². The fourth-order valence-electron chi connectivity index (χ4n) is 2.75. The average molecular weight is 301 g/mol. The standard InChI is InChI=1S/C15H19N5O2/c1-11(15(22)19-9-5-8-13(19)10-21)20-17-14(16-18-20)12-6-3-2-4-7-12/h2-4,6-7,11,13,21H,5,8-10H2,1H3/t11?,13-/m1/s1. The molecule has 116 valence electrons. The minimum atomic E-state index is -0.530. The van der Waals surface area contributed by atoms with Crippen molar-refractivity contribution in [3.05, 3.63) is 30.3 Å². The second kappa shape index (κ2) is 6.23. The zero-order valence-corrected chi connectivity index (χ0v) is 12.5. The highest BCUT2D eigenvalue weighted by atomic mass is 16.3. The lowest BCUT2D eigenvalue weighted by atomic mass is 10.2. The highest BCUT2D eigenvalue weighted by Gasteiger charge is 2.32. The van der Waals surface area contributed by atoms with Gasteiger partial charge in [-0.25, -0.2) is 0 Å². The number of aromatic nitrogens is 4. The van der Waals surface area contributed by atoms with Gasteiger partial charge >= 0.3 is 0 Å². The molecule has 1 aliphatic heterocycles. The Morgan fingerprint density at radius 1 is 1.41 bits per heavy atom. The molecule has 0 bridgehead atoms. The van der Waals surface area contributed by atoms with E-state index in [1.165, 1.54) is 4.80 Å². The molecule has 0 spiro atoms. The molecule has 7 nitrogen and oxygen atoms in total. The van der Waals surface area contributed by atoms with Gasteiger partial charge < -0.3 is 10.0 Å². The number of aliphatic hydroxyl groups excluding tert-OH is 1. The number of benzene rings is 1. The summed E-state index contributed by atoms with van der Waals surface area (Å²) in [5.74, 6) is 0.425. The van der Waals surface area contributed by atoms with Crippen molar-refractivity contribution in [1.29, 1.82) is 0 Å². The number of likely N-dealkylation sites (tertiary alicyclic amines) is 1. The summed E-state index contributed by atoms with van der Waals surface area (Å²) >= 11 is 0. The zero-order chi connectivity index (χ0) is 15.5. The van der Waals surface area contributed by atoms with E-state index in [9.17, 15) is 9.90 Å². The minimum Gasteiger partial charge on any atom is -0.394 e. The maximum Gasteiger partial charge on any atom is 0.249 e. The van der Waals surface area contributed by atoms with Crippen LogP contribution in [0.2, 0.25) is 0 Å². The Balaban J connectivity index is 1.77. The van der Waals surface area contributed by atoms with Crippen molar-refractivity contribution in [3.8, 4) is 11.4 Å². The third-order valence-corrected chi connectivity index (χ3v) is 4.04. The second-order valence-corrected chi connectivity index (χ2v) is 5.49. The van der Waals surface area contributed by atoms with Gasteiger partial charge in [-0.3, -0.25) is 4.79 Å². The molecule has 3 rings (SSSR count). The molecule has 7 heteroatoms. The molecule has 1 N–H and O–H groups in total. The van der Waals surface area contributed by atoms with Gasteiger partial charge in [0.2, 0.25) is 11.7 Å². The van der Waals surface area contributed by atoms with E-state index in [-0.39, 0.29) is 18.6 Å². The van der Waals surface area contributed by atoms with Crippen molar-refractivity contribution in [3.63, 3.8) is 0 Å². The molecule has 1 amide bonds. The van der Waals surface area contributed by atoms with Crippen LogP contribution in [0.1, 0.15) is 25.8 Å². The summed E-state index contributed by atoms with van der Waals surface area (Å²) in [6.45, 7) is 2.43. The van der Waals surface area contributed by atoms with Crippen molar-refractivity contribution >= 4 is 5.91 Å². The van der Waals surface area contributed by atoms with E-state index >= 15 is 0 Å². The van der Waals surface area contributed by atoms with Gasteiger partial charge in [0.25, 0.3) is 0 Å². The van der Waals surface area contributed by atoms with Crippen molar-refractivity contribution in [2.24, 2.45) is 0 Å². The summed E-state index contributed by atoms with van der Waals surface area (Å²) in [7, 11) is 0. The van der Waals surface area contributed by atoms with Gasteiger partial charge in [0.15, 0.2) is 0 Å². The molecule has 1 aliphatic rings. The normalized spacial score (nSPS) is 19.4. The largest absolute Gasteiger partial charge is 0.394 e. The van der Waals surface area contributed by atoms with Crippen LogP contribution in [0.3, 0.4) is 0 Å². The Morgan fingerprint density at radius 2 is 2.18 bits per heavy atom. The molecule has 1 unspecified atom stereocenters. The van der Waals surface area contributed by atoms with Gasteiger partial charge in [-0.1, -0.05) is 30.3 Å². The lowest BCUT2D eigenvalue weighted by Gasteiger charge is -2.25. The molecule has 2 atom stereocenters. The summed E-state index contributed by atoms with van der Waals surface area (Å²) in [5.41, 5.74) is 0.864. The van der Waals surface area contributed by atoms with E-state index in [1.54, 1.807) is 11.8 Å². The van der Waals surface area contributed by atoms with E-state index in [0.29, 0.717) is 12.4 Å². The van der Waals surface area contributed by atoms with Gasteiger partial charge in [0.05, 0.1) is 12.6 Å². The number of aliphatic hydroxyl groups is 1. The third-order valence-electron chi connectivity index (χ3n) is 4.04. The molecule has 0 saturated carbocycles. The van der Waals surface area contributed by atoms with Gasteiger partial charge in [-0.2, -0.15) is 4.80 Å². The van der Waals surface area contributed by atoms with E-state index in [2.05, 4.69) is 15.4 Å². The first-order chi connectivity index (χ1) is 10.7. The number of carbonyl (C=O) groups is 1. The summed E-state index contributed by atoms with van der Waals surface area (Å²) in [4.78, 5) is 15.6. The zero-order valence-electron chi connectivity index (χ0n) is 12.5. The second-order valence-electron chi connectivity index (χ2n) is 5.49. The highest BCUT2D eigenvalue weighted by Crippen LogP contribution is 2.21. The number of hydrogen-bond donors (Lipinski definition) is 1. The number of tetrazole rings is 1. The summed E-state index contributed by atoms with van der Waals surface area (Å²) in [6, 6.07) is 8.90. The monoisotopic (exact) mass is 301 g/mol. The van der Waals surface area contributed by atoms with Crippen LogP contribution in [0.5, 0.6) is 0 Å². The molecule has 0 aliphatic carbocycles. The Hall–Kier alpha value is -2.28. The Labute approximate surface area is 128 Å². The maximum atomic E-state index is 12.5. The number of nitrogens with zero attached hydrogens (tertiary/aromatic N) is 5. The topological polar surface area (TPSA) is 84.1 Å². The SMILES string of the molecule is CC(C(=O)N1CCC[C@@H]1CO)n1nnc(-c2ccccc2)n1. The Bertz CT molecular complexity index is 642. The van der Waals surface area contributed by atoms with Crippen molar-refractivity contribution in [2.45, 2.75) is 31.8 Å². The molecule has 2 heterocycles. The first-order valence-corrected chi connectivity index (χ1v) is 7.47. The first kappa shape index (κ1) is 14.6. The number of rotatable bonds is 4. The quantitative estimate of drug-likeness (QED) is 0.906. The fraction of sp³-hybridized carbons (Fsp3) is 0.467. The molecular weight excluding hydrogens is 282 g/mol. The lowest BCUT2D eigenvalue weighted by molar-refractivity contribution is -0.136. The average Bonchev–Trinajstić information content (AvgIpc) is 3.23. The van der Waals surface area contributed by atoms with Crippen LogP contribution in [-0.2, 0) is 4.79 Å². The van der Waals surface area contributed by atoms with E-state index in [0.717, 1.165) is 18.4 Å². The number of amides is 1. The number of hydrogen-bond acceptors (Lipinski definition) is 5. The van der Waals surface area contributed by atoms with Crippen LogP contribution < -0.4 is 0 Å². The fourth-order valence-corrected chi connectivity index (χ4v) is 2.75. The summed E-state index contributed by atoms with van der Waals surface area (Å²) in [5, 5.41) is 21.7. The molecule has 1 saturated heterocycles. The van der Waals surface area contributed by atoms with Gasteiger partial charge in [-0.05, 0) is 25.0 Å². The van der Waals surface area contributed by atoms with Crippen LogP contribution in [0.25, 0.3) is 11.4 Å².